The summed E-state index contributed by atoms with van der Waals surface area (Å²) < 4.78 is 32.7. The first-order chi connectivity index (χ1) is 13.4. The van der Waals surface area contributed by atoms with E-state index in [1.165, 1.54) is 24.8 Å². The summed E-state index contributed by atoms with van der Waals surface area (Å²) in [5.41, 5.74) is 2.32. The highest BCUT2D eigenvalue weighted by Crippen LogP contribution is 2.26. The summed E-state index contributed by atoms with van der Waals surface area (Å²) in [7, 11) is -2.36. The van der Waals surface area contributed by atoms with Crippen LogP contribution in [0.5, 0.6) is 5.75 Å². The normalized spacial score (nSPS) is 11.5. The molecular formula is C19H21ClN4O3S. The van der Waals surface area contributed by atoms with Crippen molar-refractivity contribution in [2.45, 2.75) is 24.7 Å². The molecule has 0 spiro atoms. The molecule has 0 radical (unpaired) electrons. The maximum atomic E-state index is 12.5. The Morgan fingerprint density at radius 1 is 1.21 bits per heavy atom. The molecule has 3 aromatic rings. The number of aryl methyl sites for hydroxylation is 1. The van der Waals surface area contributed by atoms with Crippen molar-refractivity contribution < 1.29 is 13.2 Å². The monoisotopic (exact) mass is 420 g/mol. The van der Waals surface area contributed by atoms with E-state index in [0.29, 0.717) is 23.7 Å². The Morgan fingerprint density at radius 2 is 2.04 bits per heavy atom. The zero-order valence-electron chi connectivity index (χ0n) is 15.6. The standard InChI is InChI=1S/C19H21ClN4O3S/c1-13-4-3-5-14(10-13)11-19-22-18(23-24-19)8-9-21-28(25,26)17-12-15(20)6-7-16(17)27-2/h3-7,10,12,21H,8-9,11H2,1-2H3,(H,22,23,24). The summed E-state index contributed by atoms with van der Waals surface area (Å²) in [5, 5.41) is 7.38. The van der Waals surface area contributed by atoms with Crippen LogP contribution >= 0.6 is 11.6 Å². The predicted molar refractivity (Wildman–Crippen MR) is 107 cm³/mol. The largest absolute Gasteiger partial charge is 0.495 e. The van der Waals surface area contributed by atoms with E-state index in [1.807, 2.05) is 25.1 Å². The number of hydrogen-bond acceptors (Lipinski definition) is 5. The molecular weight excluding hydrogens is 400 g/mol. The Morgan fingerprint density at radius 3 is 2.79 bits per heavy atom. The van der Waals surface area contributed by atoms with Gasteiger partial charge >= 0.3 is 0 Å². The number of nitrogens with one attached hydrogen (secondary N) is 2. The van der Waals surface area contributed by atoms with E-state index < -0.39 is 10.0 Å². The second kappa shape index (κ2) is 8.72. The predicted octanol–water partition coefficient (Wildman–Crippen LogP) is 2.89. The number of H-pyrrole nitrogens is 1. The molecule has 0 saturated carbocycles. The summed E-state index contributed by atoms with van der Waals surface area (Å²) in [6.07, 6.45) is 0.993. The Labute approximate surface area is 169 Å². The van der Waals surface area contributed by atoms with Crippen molar-refractivity contribution in [3.63, 3.8) is 0 Å². The van der Waals surface area contributed by atoms with Gasteiger partial charge in [0.25, 0.3) is 0 Å². The molecule has 0 unspecified atom stereocenters. The van der Waals surface area contributed by atoms with E-state index in [2.05, 4.69) is 26.0 Å². The van der Waals surface area contributed by atoms with Gasteiger partial charge in [-0.1, -0.05) is 41.4 Å². The van der Waals surface area contributed by atoms with Gasteiger partial charge in [0, 0.05) is 24.4 Å². The molecule has 7 nitrogen and oxygen atoms in total. The van der Waals surface area contributed by atoms with Crippen LogP contribution in [0.3, 0.4) is 0 Å². The number of halogens is 1. The summed E-state index contributed by atoms with van der Waals surface area (Å²) in [6.45, 7) is 2.19. The molecule has 0 atom stereocenters. The minimum atomic E-state index is -3.77. The Bertz CT molecular complexity index is 1070. The fraction of sp³-hybridized carbons (Fsp3) is 0.263. The van der Waals surface area contributed by atoms with Gasteiger partial charge in [-0.15, -0.1) is 0 Å². The minimum Gasteiger partial charge on any atom is -0.495 e. The van der Waals surface area contributed by atoms with Crippen LogP contribution in [-0.2, 0) is 22.9 Å². The van der Waals surface area contributed by atoms with E-state index in [0.717, 1.165) is 11.4 Å². The van der Waals surface area contributed by atoms with Crippen LogP contribution in [-0.4, -0.2) is 37.3 Å². The molecule has 0 fully saturated rings. The average molecular weight is 421 g/mol. The lowest BCUT2D eigenvalue weighted by molar-refractivity contribution is 0.402. The van der Waals surface area contributed by atoms with Gasteiger partial charge in [0.05, 0.1) is 7.11 Å². The Hall–Kier alpha value is -2.42. The number of aromatic amines is 1. The van der Waals surface area contributed by atoms with Crippen LogP contribution in [0.25, 0.3) is 0 Å². The van der Waals surface area contributed by atoms with Crippen LogP contribution in [0, 0.1) is 6.92 Å². The fourth-order valence-electron chi connectivity index (χ4n) is 2.78. The lowest BCUT2D eigenvalue weighted by Crippen LogP contribution is -2.26. The second-order valence-electron chi connectivity index (χ2n) is 6.31. The van der Waals surface area contributed by atoms with E-state index in [4.69, 9.17) is 16.3 Å². The van der Waals surface area contributed by atoms with Crippen molar-refractivity contribution >= 4 is 21.6 Å². The molecule has 3 rings (SSSR count). The second-order valence-corrected chi connectivity index (χ2v) is 8.48. The van der Waals surface area contributed by atoms with Crippen LogP contribution in [0.2, 0.25) is 5.02 Å². The molecule has 0 amide bonds. The van der Waals surface area contributed by atoms with E-state index in [-0.39, 0.29) is 17.2 Å². The molecule has 28 heavy (non-hydrogen) atoms. The number of aromatic nitrogens is 3. The molecule has 0 aliphatic heterocycles. The van der Waals surface area contributed by atoms with Gasteiger partial charge in [-0.3, -0.25) is 5.10 Å². The SMILES string of the molecule is COc1ccc(Cl)cc1S(=O)(=O)NCCc1n[nH]c(Cc2cccc(C)c2)n1. The fourth-order valence-corrected chi connectivity index (χ4v) is 4.24. The third kappa shape index (κ3) is 5.09. The lowest BCUT2D eigenvalue weighted by atomic mass is 10.1. The van der Waals surface area contributed by atoms with Crippen molar-refractivity contribution in [3.8, 4) is 5.75 Å². The Balaban J connectivity index is 1.61. The molecule has 2 N–H and O–H groups in total. The number of benzene rings is 2. The zero-order valence-corrected chi connectivity index (χ0v) is 17.1. The van der Waals surface area contributed by atoms with Gasteiger partial charge < -0.3 is 4.74 Å². The highest BCUT2D eigenvalue weighted by atomic mass is 35.5. The first kappa shape index (κ1) is 20.3. The van der Waals surface area contributed by atoms with E-state index in [9.17, 15) is 8.42 Å². The number of methoxy groups -OCH3 is 1. The number of sulfonamides is 1. The highest BCUT2D eigenvalue weighted by Gasteiger charge is 2.20. The molecule has 0 saturated heterocycles. The van der Waals surface area contributed by atoms with Crippen molar-refractivity contribution in [3.05, 3.63) is 70.3 Å². The minimum absolute atomic E-state index is 0.00220. The molecule has 0 aliphatic carbocycles. The van der Waals surface area contributed by atoms with Gasteiger partial charge in [0.15, 0.2) is 5.82 Å². The average Bonchev–Trinajstić information content (AvgIpc) is 3.08. The third-order valence-corrected chi connectivity index (χ3v) is 5.81. The maximum absolute atomic E-state index is 12.5. The van der Waals surface area contributed by atoms with Gasteiger partial charge in [0.2, 0.25) is 10.0 Å². The molecule has 9 heteroatoms. The number of hydrogen-bond donors (Lipinski definition) is 2. The van der Waals surface area contributed by atoms with Crippen molar-refractivity contribution in [2.24, 2.45) is 0 Å². The van der Waals surface area contributed by atoms with Crippen LogP contribution in [0.1, 0.15) is 22.8 Å². The molecule has 2 aromatic carbocycles. The quantitative estimate of drug-likeness (QED) is 0.584. The number of rotatable bonds is 8. The topological polar surface area (TPSA) is 97.0 Å². The van der Waals surface area contributed by atoms with Gasteiger partial charge in [0.1, 0.15) is 16.5 Å². The van der Waals surface area contributed by atoms with Gasteiger partial charge in [-0.2, -0.15) is 5.10 Å². The van der Waals surface area contributed by atoms with Crippen LogP contribution in [0.15, 0.2) is 47.4 Å². The molecule has 1 aromatic heterocycles. The summed E-state index contributed by atoms with van der Waals surface area (Å²) >= 11 is 5.92. The van der Waals surface area contributed by atoms with E-state index >= 15 is 0 Å². The Kier molecular flexibility index (Phi) is 6.33. The lowest BCUT2D eigenvalue weighted by Gasteiger charge is -2.10. The third-order valence-electron chi connectivity index (χ3n) is 4.09. The van der Waals surface area contributed by atoms with Crippen molar-refractivity contribution in [1.82, 2.24) is 19.9 Å². The molecule has 148 valence electrons. The van der Waals surface area contributed by atoms with Crippen molar-refractivity contribution in [1.29, 1.82) is 0 Å². The summed E-state index contributed by atoms with van der Waals surface area (Å²) in [6, 6.07) is 12.6. The smallest absolute Gasteiger partial charge is 0.244 e. The zero-order chi connectivity index (χ0) is 20.1. The summed E-state index contributed by atoms with van der Waals surface area (Å²) in [5.74, 6) is 1.51. The van der Waals surface area contributed by atoms with Gasteiger partial charge in [-0.05, 0) is 30.7 Å². The molecule has 0 bridgehead atoms. The highest BCUT2D eigenvalue weighted by molar-refractivity contribution is 7.89. The number of ether oxygens (including phenoxy) is 1. The molecule has 0 aliphatic rings. The van der Waals surface area contributed by atoms with Gasteiger partial charge in [-0.25, -0.2) is 18.1 Å². The molecule has 1 heterocycles. The van der Waals surface area contributed by atoms with Crippen molar-refractivity contribution in [2.75, 3.05) is 13.7 Å². The first-order valence-corrected chi connectivity index (χ1v) is 10.5. The van der Waals surface area contributed by atoms with Crippen LogP contribution < -0.4 is 9.46 Å². The van der Waals surface area contributed by atoms with Crippen LogP contribution in [0.4, 0.5) is 0 Å². The van der Waals surface area contributed by atoms with E-state index in [1.54, 1.807) is 6.07 Å². The first-order valence-electron chi connectivity index (χ1n) is 8.66. The number of nitrogens with zero attached hydrogens (tertiary/aromatic N) is 2. The maximum Gasteiger partial charge on any atom is 0.244 e. The summed E-state index contributed by atoms with van der Waals surface area (Å²) in [4.78, 5) is 4.43.